The van der Waals surface area contributed by atoms with Gasteiger partial charge in [0, 0.05) is 140 Å². The van der Waals surface area contributed by atoms with E-state index in [1.807, 2.05) is 18.4 Å². The lowest BCUT2D eigenvalue weighted by atomic mass is 9.39. The highest BCUT2D eigenvalue weighted by Gasteiger charge is 2.68. The third-order valence-electron chi connectivity index (χ3n) is 16.3. The summed E-state index contributed by atoms with van der Waals surface area (Å²) in [5, 5.41) is 52.4. The van der Waals surface area contributed by atoms with Crippen molar-refractivity contribution in [1.29, 1.82) is 0 Å². The highest BCUT2D eigenvalue weighted by Crippen LogP contribution is 2.67. The molecule has 0 spiro atoms. The summed E-state index contributed by atoms with van der Waals surface area (Å²) in [4.78, 5) is 110. The predicted octanol–water partition coefficient (Wildman–Crippen LogP) is 0.286. The first-order chi connectivity index (χ1) is 42.2. The summed E-state index contributed by atoms with van der Waals surface area (Å²) in [5.41, 5.74) is 7.97. The van der Waals surface area contributed by atoms with Crippen molar-refractivity contribution < 1.29 is 68.3 Å². The number of nitrogens with zero attached hydrogens (tertiary/aromatic N) is 9. The Balaban J connectivity index is 0.000000284. The van der Waals surface area contributed by atoms with E-state index in [-0.39, 0.29) is 101 Å². The van der Waals surface area contributed by atoms with Gasteiger partial charge < -0.3 is 56.1 Å². The number of piperazine rings is 1. The Morgan fingerprint density at radius 1 is 0.670 bits per heavy atom. The maximum Gasteiger partial charge on any atom is 0.317 e. The number of aromatic nitrogens is 3. The average molecular weight is 1230 g/mol. The Kier molecular flexibility index (Phi) is 28.1. The van der Waals surface area contributed by atoms with Crippen LogP contribution >= 0.6 is 0 Å². The number of carbonyl (C=O) groups excluding carboxylic acids is 4. The van der Waals surface area contributed by atoms with Gasteiger partial charge in [0.05, 0.1) is 58.2 Å². The molecule has 27 heteroatoms. The number of benzene rings is 1. The second kappa shape index (κ2) is 35.3. The molecule has 8 rings (SSSR count). The number of carboxylic acid groups (broad SMARTS) is 4. The molecule has 8 N–H and O–H groups in total. The van der Waals surface area contributed by atoms with Crippen LogP contribution in [0, 0.1) is 19.3 Å². The minimum Gasteiger partial charge on any atom is -0.481 e. The van der Waals surface area contributed by atoms with Crippen molar-refractivity contribution in [3.05, 3.63) is 70.2 Å². The van der Waals surface area contributed by atoms with E-state index >= 15 is 0 Å². The predicted molar refractivity (Wildman–Crippen MR) is 327 cm³/mol. The molecule has 2 aliphatic heterocycles. The lowest BCUT2D eigenvalue weighted by Gasteiger charge is -2.71. The molecule has 1 aromatic carbocycles. The van der Waals surface area contributed by atoms with Crippen molar-refractivity contribution in [3.8, 4) is 0 Å². The summed E-state index contributed by atoms with van der Waals surface area (Å²) in [6.45, 7) is 17.9. The molecule has 4 amide bonds. The number of aryl methyl sites for hydroxylation is 3. The molecule has 0 radical (unpaired) electrons. The first kappa shape index (κ1) is 70.1. The van der Waals surface area contributed by atoms with Crippen molar-refractivity contribution >= 4 is 59.7 Å². The van der Waals surface area contributed by atoms with Gasteiger partial charge in [-0.3, -0.25) is 62.9 Å². The fraction of sp³-hybridized carbons (Fsp3) is 0.639. The van der Waals surface area contributed by atoms with Crippen LogP contribution in [-0.4, -0.2) is 281 Å². The lowest BCUT2D eigenvalue weighted by molar-refractivity contribution is -0.177. The molecule has 4 heterocycles. The van der Waals surface area contributed by atoms with Crippen LogP contribution in [-0.2, 0) is 60.7 Å². The largest absolute Gasteiger partial charge is 0.481 e. The van der Waals surface area contributed by atoms with Gasteiger partial charge in [-0.15, -0.1) is 0 Å². The van der Waals surface area contributed by atoms with Gasteiger partial charge in [-0.05, 0) is 75.0 Å². The number of hydrogen-bond donors (Lipinski definition) is 8. The number of rotatable bonds is 33. The van der Waals surface area contributed by atoms with E-state index in [0.29, 0.717) is 59.0 Å². The molecule has 3 aromatic rings. The zero-order valence-electron chi connectivity index (χ0n) is 51.7. The number of amides is 4. The maximum absolute atomic E-state index is 12.7. The molecule has 2 bridgehead atoms. The molecule has 27 nitrogen and oxygen atoms in total. The summed E-state index contributed by atoms with van der Waals surface area (Å²) < 4.78 is 12.6. The number of carboxylic acids is 4. The van der Waals surface area contributed by atoms with Gasteiger partial charge in [-0.1, -0.05) is 50.3 Å². The fourth-order valence-electron chi connectivity index (χ4n) is 12.1. The van der Waals surface area contributed by atoms with Crippen molar-refractivity contribution in [3.63, 3.8) is 0 Å². The molecule has 3 aliphatic carbocycles. The molecule has 2 aromatic heterocycles. The quantitative estimate of drug-likeness (QED) is 0.0300. The Labute approximate surface area is 515 Å². The second-order valence-electron chi connectivity index (χ2n) is 23.7. The van der Waals surface area contributed by atoms with Crippen LogP contribution in [0.3, 0.4) is 0 Å². The maximum atomic E-state index is 12.7. The molecule has 88 heavy (non-hydrogen) atoms. The average Bonchev–Trinajstić information content (AvgIpc) is 0.797. The van der Waals surface area contributed by atoms with E-state index in [2.05, 4.69) is 87.4 Å². The van der Waals surface area contributed by atoms with E-state index in [4.69, 9.17) is 24.7 Å². The number of ether oxygens (including phenoxy) is 2. The Bertz CT molecular complexity index is 2770. The summed E-state index contributed by atoms with van der Waals surface area (Å²) in [6, 6.07) is 10.1. The molecular weight excluding hydrogens is 1140 g/mol. The highest BCUT2D eigenvalue weighted by molar-refractivity contribution is 5.86. The monoisotopic (exact) mass is 1230 g/mol. The van der Waals surface area contributed by atoms with E-state index < -0.39 is 35.8 Å². The van der Waals surface area contributed by atoms with Gasteiger partial charge in [0.1, 0.15) is 6.04 Å². The van der Waals surface area contributed by atoms with E-state index in [0.717, 1.165) is 101 Å². The fourth-order valence-corrected chi connectivity index (χ4v) is 12.1. The first-order valence-electron chi connectivity index (χ1n) is 30.7. The van der Waals surface area contributed by atoms with Crippen LogP contribution in [0.4, 0.5) is 0 Å². The van der Waals surface area contributed by atoms with Gasteiger partial charge in [0.2, 0.25) is 24.1 Å². The minimum absolute atomic E-state index is 0.0683. The van der Waals surface area contributed by atoms with Crippen LogP contribution < -0.4 is 21.3 Å². The molecule has 486 valence electrons. The topological polar surface area (TPSA) is 334 Å². The van der Waals surface area contributed by atoms with E-state index in [1.165, 1.54) is 16.7 Å². The zero-order chi connectivity index (χ0) is 63.6. The van der Waals surface area contributed by atoms with Crippen LogP contribution in [0.5, 0.6) is 0 Å². The van der Waals surface area contributed by atoms with E-state index in [1.54, 1.807) is 19.6 Å². The molecule has 2 saturated heterocycles. The van der Waals surface area contributed by atoms with Crippen LogP contribution in [0.25, 0.3) is 11.7 Å². The van der Waals surface area contributed by atoms with Crippen LogP contribution in [0.15, 0.2) is 36.4 Å². The van der Waals surface area contributed by atoms with Crippen molar-refractivity contribution in [1.82, 2.24) is 65.3 Å². The SMILES string of the molecule is CCCOCCOCCNC(=O)CNC(=O)CN1CCN(CC(=O)O)CCN(CC(=O)O)CCN(CC(=O)O)CC1.CCc1nn2c(C)cc(C)nc2c1Cc1ccc(/C=C/CN2CCN(CC34CC(NC(=O)C(CCC(=O)O)NC=O)(C3)C4)CC2)cc1. The second-order valence-corrected chi connectivity index (χ2v) is 23.7. The Hall–Kier alpha value is -6.98. The summed E-state index contributed by atoms with van der Waals surface area (Å²) in [7, 11) is 0. The number of carbonyl (C=O) groups is 8. The molecular formula is C61H93N13O14. The van der Waals surface area contributed by atoms with Gasteiger partial charge in [0.25, 0.3) is 0 Å². The highest BCUT2D eigenvalue weighted by atomic mass is 16.5. The summed E-state index contributed by atoms with van der Waals surface area (Å²) >= 11 is 0. The zero-order valence-corrected chi connectivity index (χ0v) is 51.7. The third kappa shape index (κ3) is 23.2. The number of fused-ring (bicyclic) bond motifs is 1. The van der Waals surface area contributed by atoms with Crippen LogP contribution in [0.1, 0.15) is 86.1 Å². The smallest absolute Gasteiger partial charge is 0.317 e. The molecule has 1 atom stereocenters. The Morgan fingerprint density at radius 2 is 1.22 bits per heavy atom. The standard InChI is InChI=1S/C36H47N7O4.C25H46N6O10/c1-4-30-29(33-38-25(2)18-26(3)43(33)40-30)19-28-9-7-27(8-10-28)6-5-13-41-14-16-42(17-15-41)23-35-20-36(21-35,22-35)39-34(47)31(37-24-44)11-12-32(45)46;1-2-12-40-14-15-41-13-3-26-21(32)16-27-22(33)17-28-4-6-29(18-23(34)35)8-10-31(20-25(38)39)11-9-30(7-5-28)19-24(36)37/h5-10,18,24,31H,4,11-17,19-23H2,1-3H3,(H,37,44)(H,39,47)(H,45,46);2-20H2,1H3,(H,26,32)(H,27,33)(H,34,35)(H,36,37)(H,38,39)/b6-5+;. The normalized spacial score (nSPS) is 20.3. The van der Waals surface area contributed by atoms with E-state index in [9.17, 15) is 53.7 Å². The number of hydrogen-bond acceptors (Lipinski definition) is 18. The molecule has 3 saturated carbocycles. The van der Waals surface area contributed by atoms with Crippen molar-refractivity contribution in [2.45, 2.75) is 90.6 Å². The molecule has 1 unspecified atom stereocenters. The summed E-state index contributed by atoms with van der Waals surface area (Å²) in [6.07, 6.45) is 10.4. The lowest BCUT2D eigenvalue weighted by Crippen LogP contribution is -2.78. The first-order valence-corrected chi connectivity index (χ1v) is 30.7. The molecule has 5 fully saturated rings. The third-order valence-corrected chi connectivity index (χ3v) is 16.3. The van der Waals surface area contributed by atoms with Crippen LogP contribution in [0.2, 0.25) is 0 Å². The van der Waals surface area contributed by atoms with Gasteiger partial charge >= 0.3 is 23.9 Å². The van der Waals surface area contributed by atoms with Crippen molar-refractivity contribution in [2.75, 3.05) is 157 Å². The Morgan fingerprint density at radius 3 is 1.75 bits per heavy atom. The van der Waals surface area contributed by atoms with Gasteiger partial charge in [0.15, 0.2) is 5.65 Å². The minimum atomic E-state index is -1.03. The van der Waals surface area contributed by atoms with Crippen molar-refractivity contribution in [2.24, 2.45) is 5.41 Å². The number of nitrogens with one attached hydrogen (secondary N) is 4. The van der Waals surface area contributed by atoms with Gasteiger partial charge in [-0.2, -0.15) is 5.10 Å². The molecule has 5 aliphatic rings. The summed E-state index contributed by atoms with van der Waals surface area (Å²) in [5.74, 6) is -5.12. The number of aliphatic carboxylic acids is 4. The van der Waals surface area contributed by atoms with Gasteiger partial charge in [-0.25, -0.2) is 9.50 Å².